The van der Waals surface area contributed by atoms with Gasteiger partial charge in [-0.2, -0.15) is 15.8 Å². The summed E-state index contributed by atoms with van der Waals surface area (Å²) in [6.07, 6.45) is 5.08. The van der Waals surface area contributed by atoms with E-state index in [0.717, 1.165) is 112 Å². The van der Waals surface area contributed by atoms with Crippen molar-refractivity contribution < 1.29 is 27.9 Å². The number of carbonyl (C=O) groups excluding carboxylic acids is 1. The maximum atomic E-state index is 12.9. The van der Waals surface area contributed by atoms with Crippen LogP contribution >= 0.6 is 7.60 Å². The van der Waals surface area contributed by atoms with Crippen molar-refractivity contribution in [2.75, 3.05) is 37.2 Å². The molecule has 94 heavy (non-hydrogen) atoms. The van der Waals surface area contributed by atoms with Gasteiger partial charge in [0.2, 0.25) is 5.69 Å². The molecule has 0 radical (unpaired) electrons. The van der Waals surface area contributed by atoms with Crippen molar-refractivity contribution >= 4 is 109 Å². The predicted octanol–water partition coefficient (Wildman–Crippen LogP) is 21.8. The van der Waals surface area contributed by atoms with E-state index in [4.69, 9.17) is 25.1 Å². The van der Waals surface area contributed by atoms with E-state index < -0.39 is 7.60 Å². The highest BCUT2D eigenvalue weighted by molar-refractivity contribution is 7.53. The SMILES string of the molecule is C.CCOP(=O)(Cc1ccc2c(C#N)c3cc(C)ccc3c(C#N)c2c1)OCC.COc1ccc(N(c2ccccc2)c2ccc(C=O)cc2)cc1.[C-]#[N+]c1c2ccc(C)cc2c(C#N)c2ccc(C=Cc3ccc(N(c4ccccc4)c4ccc(OC)cc4)cc3)cc12. The van der Waals surface area contributed by atoms with Crippen LogP contribution in [0.1, 0.15) is 76.1 Å². The van der Waals surface area contributed by atoms with Gasteiger partial charge >= 0.3 is 7.60 Å². The van der Waals surface area contributed by atoms with Crippen LogP contribution in [0, 0.1) is 54.4 Å². The van der Waals surface area contributed by atoms with Crippen LogP contribution in [0.5, 0.6) is 11.5 Å². The number of rotatable bonds is 17. The molecule has 0 saturated heterocycles. The molecular weight excluding hydrogens is 1180 g/mol. The molecule has 0 aliphatic heterocycles. The summed E-state index contributed by atoms with van der Waals surface area (Å²) in [6.45, 7) is 16.0. The molecule has 0 spiro atoms. The quantitative estimate of drug-likeness (QED) is 0.0281. The minimum atomic E-state index is -3.26. The van der Waals surface area contributed by atoms with Crippen LogP contribution in [0.4, 0.5) is 39.8 Å². The second-order valence-electron chi connectivity index (χ2n) is 21.7. The molecule has 0 N–H and O–H groups in total. The molecule has 0 aliphatic carbocycles. The molecule has 12 nitrogen and oxygen atoms in total. The highest BCUT2D eigenvalue weighted by Gasteiger charge is 2.25. The molecule has 0 fully saturated rings. The van der Waals surface area contributed by atoms with Crippen molar-refractivity contribution in [3.63, 3.8) is 0 Å². The minimum absolute atomic E-state index is 0. The van der Waals surface area contributed by atoms with Crippen molar-refractivity contribution in [2.24, 2.45) is 0 Å². The van der Waals surface area contributed by atoms with Gasteiger partial charge in [0.1, 0.15) is 36.0 Å². The van der Waals surface area contributed by atoms with Crippen LogP contribution in [0.25, 0.3) is 60.1 Å². The molecular formula is C81H69N6O6P. The Bertz CT molecular complexity index is 4930. The first-order chi connectivity index (χ1) is 45.4. The number of fused-ring (bicyclic) bond motifs is 4. The number of ether oxygens (including phenoxy) is 2. The van der Waals surface area contributed by atoms with Gasteiger partial charge < -0.3 is 28.3 Å². The van der Waals surface area contributed by atoms with Crippen LogP contribution in [0.3, 0.4) is 0 Å². The number of carbonyl (C=O) groups is 1. The van der Waals surface area contributed by atoms with Crippen molar-refractivity contribution in [1.82, 2.24) is 0 Å². The Morgan fingerprint density at radius 2 is 0.819 bits per heavy atom. The Morgan fingerprint density at radius 1 is 0.447 bits per heavy atom. The highest BCUT2D eigenvalue weighted by atomic mass is 31.2. The van der Waals surface area contributed by atoms with Gasteiger partial charge in [-0.1, -0.05) is 146 Å². The highest BCUT2D eigenvalue weighted by Crippen LogP contribution is 2.52. The summed E-state index contributed by atoms with van der Waals surface area (Å²) in [5, 5.41) is 35.7. The van der Waals surface area contributed by atoms with E-state index in [1.807, 2.05) is 190 Å². The number of methoxy groups -OCH3 is 2. The molecule has 0 unspecified atom stereocenters. The van der Waals surface area contributed by atoms with E-state index in [9.17, 15) is 25.1 Å². The van der Waals surface area contributed by atoms with Gasteiger partial charge in [-0.05, 0) is 181 Å². The molecule has 12 rings (SSSR count). The van der Waals surface area contributed by atoms with Crippen molar-refractivity contribution in [1.29, 1.82) is 15.8 Å². The summed E-state index contributed by atoms with van der Waals surface area (Å²) in [5.74, 6) is 1.63. The zero-order valence-corrected chi connectivity index (χ0v) is 53.3. The number of benzene rings is 12. The fraction of sp³-hybridized carbons (Fsp3) is 0.123. The first kappa shape index (κ1) is 66.8. The van der Waals surface area contributed by atoms with E-state index in [1.54, 1.807) is 28.1 Å². The molecule has 12 aromatic carbocycles. The number of nitrogens with zero attached hydrogens (tertiary/aromatic N) is 6. The zero-order valence-electron chi connectivity index (χ0n) is 52.4. The van der Waals surface area contributed by atoms with Gasteiger partial charge in [-0.3, -0.25) is 9.36 Å². The smallest absolute Gasteiger partial charge is 0.335 e. The molecule has 0 aromatic heterocycles. The van der Waals surface area contributed by atoms with Crippen LogP contribution in [-0.2, 0) is 19.8 Å². The topological polar surface area (TPSA) is 153 Å². The molecule has 13 heteroatoms. The molecule has 0 bridgehead atoms. The lowest BCUT2D eigenvalue weighted by Gasteiger charge is -2.25. The van der Waals surface area contributed by atoms with Gasteiger partial charge in [-0.15, -0.1) is 0 Å². The van der Waals surface area contributed by atoms with Crippen molar-refractivity contribution in [3.8, 4) is 29.7 Å². The lowest BCUT2D eigenvalue weighted by molar-refractivity contribution is 0.112. The molecule has 464 valence electrons. The van der Waals surface area contributed by atoms with Crippen LogP contribution in [0.2, 0.25) is 0 Å². The van der Waals surface area contributed by atoms with Crippen LogP contribution < -0.4 is 19.3 Å². The first-order valence-electron chi connectivity index (χ1n) is 30.1. The molecule has 0 amide bonds. The number of aldehydes is 1. The average molecular weight is 1250 g/mol. The Kier molecular flexibility index (Phi) is 22.0. The average Bonchev–Trinajstić information content (AvgIpc) is 0.761. The third-order valence-electron chi connectivity index (χ3n) is 15.7. The van der Waals surface area contributed by atoms with Crippen molar-refractivity contribution in [2.45, 2.75) is 41.3 Å². The van der Waals surface area contributed by atoms with Crippen molar-refractivity contribution in [3.05, 3.63) is 292 Å². The molecule has 0 atom stereocenters. The second kappa shape index (κ2) is 30.9. The first-order valence-corrected chi connectivity index (χ1v) is 31.9. The summed E-state index contributed by atoms with van der Waals surface area (Å²) >= 11 is 0. The van der Waals surface area contributed by atoms with E-state index >= 15 is 0 Å². The number of aryl methyl sites for hydroxylation is 2. The van der Waals surface area contributed by atoms with Gasteiger partial charge in [0.15, 0.2) is 0 Å². The van der Waals surface area contributed by atoms with Crippen LogP contribution in [0.15, 0.2) is 231 Å². The van der Waals surface area contributed by atoms with Gasteiger partial charge in [-0.25, -0.2) is 4.85 Å². The molecule has 0 heterocycles. The number of nitriles is 3. The van der Waals surface area contributed by atoms with E-state index in [2.05, 4.69) is 99.6 Å². The van der Waals surface area contributed by atoms with E-state index in [-0.39, 0.29) is 26.8 Å². The second-order valence-corrected chi connectivity index (χ2v) is 23.7. The summed E-state index contributed by atoms with van der Waals surface area (Å²) in [7, 11) is 0.0615. The Labute approximate surface area is 549 Å². The third-order valence-corrected chi connectivity index (χ3v) is 17.7. The lowest BCUT2D eigenvalue weighted by atomic mass is 9.91. The molecule has 0 saturated carbocycles. The fourth-order valence-electron chi connectivity index (χ4n) is 11.3. The van der Waals surface area contributed by atoms with E-state index in [0.29, 0.717) is 38.7 Å². The Hall–Kier alpha value is -11.6. The number of anilines is 6. The normalized spacial score (nSPS) is 10.8. The maximum Gasteiger partial charge on any atom is 0.335 e. The summed E-state index contributed by atoms with van der Waals surface area (Å²) in [5.41, 5.74) is 14.0. The maximum absolute atomic E-state index is 12.9. The summed E-state index contributed by atoms with van der Waals surface area (Å²) in [4.78, 5) is 19.1. The summed E-state index contributed by atoms with van der Waals surface area (Å²) < 4.78 is 34.2. The Morgan fingerprint density at radius 3 is 1.26 bits per heavy atom. The number of hydrogen-bond acceptors (Lipinski definition) is 11. The monoisotopic (exact) mass is 1250 g/mol. The predicted molar refractivity (Wildman–Crippen MR) is 384 cm³/mol. The zero-order chi connectivity index (χ0) is 65.4. The minimum Gasteiger partial charge on any atom is -0.497 e. The van der Waals surface area contributed by atoms with Crippen LogP contribution in [-0.4, -0.2) is 33.7 Å². The number of hydrogen-bond donors (Lipinski definition) is 0. The van der Waals surface area contributed by atoms with Gasteiger partial charge in [0.25, 0.3) is 0 Å². The molecule has 0 aliphatic rings. The molecule has 12 aromatic rings. The summed E-state index contributed by atoms with van der Waals surface area (Å²) in [6, 6.07) is 82.3. The standard InChI is InChI=1S/C38H27N3O.C22H21N2O3P.C20H17NO2.CH4/c1-26-9-21-34-35(23-26)37(25-39)33-22-14-28(24-36(33)38(34)40-2)11-10-27-12-15-30(16-13-27)41(29-7-5-4-6-8-29)31-17-19-32(42-3)20-18-31;1-4-26-28(25,27-5-2)14-16-7-9-18-20(11-16)22(13-24)17-8-6-15(3)10-19(17)21(18)12-23;1-23-20-13-11-19(12-14-20)21(17-5-3-2-4-6-17)18-9-7-16(15-22)8-10-18;/h4-24H,1,3H3;6-11H,4-5,14H2,1-3H3;2-15H,1H3;1H4. The third kappa shape index (κ3) is 14.9. The lowest BCUT2D eigenvalue weighted by Crippen LogP contribution is -2.09. The largest absolute Gasteiger partial charge is 0.497 e. The van der Waals surface area contributed by atoms with Gasteiger partial charge in [0.05, 0.1) is 56.9 Å². The van der Waals surface area contributed by atoms with Gasteiger partial charge in [0, 0.05) is 61.2 Å². The van der Waals surface area contributed by atoms with E-state index in [1.165, 1.54) is 0 Å². The fourth-order valence-corrected chi connectivity index (χ4v) is 13.0. The Balaban J connectivity index is 0.000000174. The number of para-hydroxylation sites is 2.